The maximum atomic E-state index is 12.0. The molecular weight excluding hydrogens is 216 g/mol. The molecule has 0 aromatic heterocycles. The zero-order chi connectivity index (χ0) is 12.9. The molecule has 1 saturated heterocycles. The van der Waals surface area contributed by atoms with Gasteiger partial charge in [-0.25, -0.2) is 0 Å². The van der Waals surface area contributed by atoms with Crippen molar-refractivity contribution >= 4 is 5.91 Å². The van der Waals surface area contributed by atoms with Crippen LogP contribution in [-0.2, 0) is 9.53 Å². The number of hydrogen-bond acceptors (Lipinski definition) is 3. The minimum atomic E-state index is -0.248. The molecule has 2 N–H and O–H groups in total. The Hall–Kier alpha value is -0.610. The van der Waals surface area contributed by atoms with Gasteiger partial charge < -0.3 is 15.4 Å². The molecule has 100 valence electrons. The molecule has 1 aliphatic rings. The Balaban J connectivity index is 2.39. The summed E-state index contributed by atoms with van der Waals surface area (Å²) < 4.78 is 5.54. The van der Waals surface area contributed by atoms with Gasteiger partial charge >= 0.3 is 0 Å². The molecule has 1 atom stereocenters. The van der Waals surface area contributed by atoms with E-state index in [9.17, 15) is 4.79 Å². The fourth-order valence-electron chi connectivity index (χ4n) is 2.18. The van der Waals surface area contributed by atoms with Gasteiger partial charge in [-0.15, -0.1) is 0 Å². The number of ether oxygens (including phenoxy) is 1. The van der Waals surface area contributed by atoms with Crippen LogP contribution in [0, 0.1) is 0 Å². The summed E-state index contributed by atoms with van der Waals surface area (Å²) in [6, 6.07) is 0.384. The molecule has 0 bridgehead atoms. The van der Waals surface area contributed by atoms with Gasteiger partial charge in [0.25, 0.3) is 0 Å². The number of hydrogen-bond donors (Lipinski definition) is 1. The predicted molar refractivity (Wildman–Crippen MR) is 68.7 cm³/mol. The molecule has 1 unspecified atom stereocenters. The van der Waals surface area contributed by atoms with Crippen LogP contribution < -0.4 is 5.73 Å². The van der Waals surface area contributed by atoms with Crippen molar-refractivity contribution in [2.45, 2.75) is 58.1 Å². The molecule has 1 heterocycles. The summed E-state index contributed by atoms with van der Waals surface area (Å²) in [4.78, 5) is 14.0. The van der Waals surface area contributed by atoms with Crippen LogP contribution >= 0.6 is 0 Å². The van der Waals surface area contributed by atoms with Crippen molar-refractivity contribution in [1.82, 2.24) is 4.90 Å². The second-order valence-corrected chi connectivity index (χ2v) is 5.72. The van der Waals surface area contributed by atoms with Crippen molar-refractivity contribution in [1.29, 1.82) is 0 Å². The van der Waals surface area contributed by atoms with Crippen LogP contribution in [0.3, 0.4) is 0 Å². The average molecular weight is 242 g/mol. The zero-order valence-electron chi connectivity index (χ0n) is 11.4. The molecular formula is C13H26N2O2. The Kier molecular flexibility index (Phi) is 5.40. The zero-order valence-corrected chi connectivity index (χ0v) is 11.4. The lowest BCUT2D eigenvalue weighted by atomic mass is 10.1. The smallest absolute Gasteiger partial charge is 0.248 e. The minimum Gasteiger partial charge on any atom is -0.366 e. The quantitative estimate of drug-likeness (QED) is 0.795. The molecule has 1 amide bonds. The van der Waals surface area contributed by atoms with E-state index in [4.69, 9.17) is 10.5 Å². The van der Waals surface area contributed by atoms with Crippen molar-refractivity contribution < 1.29 is 9.53 Å². The van der Waals surface area contributed by atoms with E-state index in [1.165, 1.54) is 0 Å². The first-order chi connectivity index (χ1) is 7.94. The highest BCUT2D eigenvalue weighted by molar-refractivity contribution is 5.78. The number of nitrogens with two attached hydrogens (primary N) is 1. The minimum absolute atomic E-state index is 0.124. The second-order valence-electron chi connectivity index (χ2n) is 5.72. The standard InChI is InChI=1S/C13H26N2O2/c1-13(2,3)17-10-12(16)15-9-5-7-11(15)6-4-8-14/h11H,4-10,14H2,1-3H3. The molecule has 0 saturated carbocycles. The normalized spacial score (nSPS) is 20.9. The summed E-state index contributed by atoms with van der Waals surface area (Å²) in [5.41, 5.74) is 5.27. The number of amides is 1. The van der Waals surface area contributed by atoms with E-state index in [-0.39, 0.29) is 18.1 Å². The van der Waals surface area contributed by atoms with Gasteiger partial charge in [0.05, 0.1) is 5.60 Å². The van der Waals surface area contributed by atoms with Crippen LogP contribution in [0.15, 0.2) is 0 Å². The maximum absolute atomic E-state index is 12.0. The highest BCUT2D eigenvalue weighted by atomic mass is 16.5. The Labute approximate surface area is 104 Å². The van der Waals surface area contributed by atoms with Gasteiger partial charge in [-0.3, -0.25) is 4.79 Å². The first-order valence-electron chi connectivity index (χ1n) is 6.57. The van der Waals surface area contributed by atoms with Crippen LogP contribution in [0.25, 0.3) is 0 Å². The lowest BCUT2D eigenvalue weighted by molar-refractivity contribution is -0.142. The number of carbonyl (C=O) groups excluding carboxylic acids is 1. The summed E-state index contributed by atoms with van der Waals surface area (Å²) in [6.45, 7) is 7.68. The van der Waals surface area contributed by atoms with E-state index >= 15 is 0 Å². The van der Waals surface area contributed by atoms with Crippen molar-refractivity contribution in [3.05, 3.63) is 0 Å². The van der Waals surface area contributed by atoms with E-state index in [1.807, 2.05) is 25.7 Å². The summed E-state index contributed by atoms with van der Waals surface area (Å²) in [7, 11) is 0. The van der Waals surface area contributed by atoms with Crippen molar-refractivity contribution in [2.24, 2.45) is 5.73 Å². The molecule has 4 heteroatoms. The van der Waals surface area contributed by atoms with E-state index in [2.05, 4.69) is 0 Å². The largest absolute Gasteiger partial charge is 0.366 e. The molecule has 0 radical (unpaired) electrons. The fourth-order valence-corrected chi connectivity index (χ4v) is 2.18. The van der Waals surface area contributed by atoms with Crippen molar-refractivity contribution in [2.75, 3.05) is 19.7 Å². The van der Waals surface area contributed by atoms with Crippen LogP contribution in [0.1, 0.15) is 46.5 Å². The third-order valence-electron chi connectivity index (χ3n) is 3.07. The molecule has 0 aromatic carbocycles. The summed E-state index contributed by atoms with van der Waals surface area (Å²) in [5.74, 6) is 0.124. The highest BCUT2D eigenvalue weighted by Gasteiger charge is 2.28. The van der Waals surface area contributed by atoms with E-state index in [0.717, 1.165) is 32.2 Å². The molecule has 1 fully saturated rings. The Morgan fingerprint density at radius 1 is 1.47 bits per heavy atom. The summed E-state index contributed by atoms with van der Waals surface area (Å²) in [6.07, 6.45) is 4.24. The van der Waals surface area contributed by atoms with Gasteiger partial charge in [-0.1, -0.05) is 0 Å². The van der Waals surface area contributed by atoms with Crippen molar-refractivity contribution in [3.8, 4) is 0 Å². The molecule has 1 aliphatic heterocycles. The molecule has 0 aromatic rings. The van der Waals surface area contributed by atoms with Gasteiger partial charge in [0, 0.05) is 12.6 Å². The van der Waals surface area contributed by atoms with Crippen LogP contribution in [0.4, 0.5) is 0 Å². The SMILES string of the molecule is CC(C)(C)OCC(=O)N1CCCC1CCCN. The number of rotatable bonds is 5. The summed E-state index contributed by atoms with van der Waals surface area (Å²) >= 11 is 0. The van der Waals surface area contributed by atoms with Crippen LogP contribution in [-0.4, -0.2) is 42.1 Å². The van der Waals surface area contributed by atoms with Crippen molar-refractivity contribution in [3.63, 3.8) is 0 Å². The third-order valence-corrected chi connectivity index (χ3v) is 3.07. The predicted octanol–water partition coefficient (Wildman–Crippen LogP) is 1.53. The van der Waals surface area contributed by atoms with E-state index < -0.39 is 0 Å². The van der Waals surface area contributed by atoms with E-state index in [0.29, 0.717) is 12.6 Å². The van der Waals surface area contributed by atoms with Gasteiger partial charge in [-0.05, 0) is 53.0 Å². The molecule has 0 aliphatic carbocycles. The lowest BCUT2D eigenvalue weighted by Crippen LogP contribution is -2.39. The maximum Gasteiger partial charge on any atom is 0.248 e. The lowest BCUT2D eigenvalue weighted by Gasteiger charge is -2.27. The van der Waals surface area contributed by atoms with Gasteiger partial charge in [0.1, 0.15) is 6.61 Å². The highest BCUT2D eigenvalue weighted by Crippen LogP contribution is 2.21. The number of nitrogens with zero attached hydrogens (tertiary/aromatic N) is 1. The molecule has 4 nitrogen and oxygen atoms in total. The number of carbonyl (C=O) groups is 1. The summed E-state index contributed by atoms with van der Waals surface area (Å²) in [5, 5.41) is 0. The van der Waals surface area contributed by atoms with Crippen LogP contribution in [0.5, 0.6) is 0 Å². The molecule has 17 heavy (non-hydrogen) atoms. The Morgan fingerprint density at radius 2 is 2.18 bits per heavy atom. The van der Waals surface area contributed by atoms with Gasteiger partial charge in [0.15, 0.2) is 0 Å². The second kappa shape index (κ2) is 6.36. The molecule has 1 rings (SSSR count). The first-order valence-corrected chi connectivity index (χ1v) is 6.57. The Bertz CT molecular complexity index is 248. The fraction of sp³-hybridized carbons (Fsp3) is 0.923. The van der Waals surface area contributed by atoms with Crippen LogP contribution in [0.2, 0.25) is 0 Å². The first kappa shape index (κ1) is 14.5. The van der Waals surface area contributed by atoms with E-state index in [1.54, 1.807) is 0 Å². The number of likely N-dealkylation sites (tertiary alicyclic amines) is 1. The molecule has 0 spiro atoms. The third kappa shape index (κ3) is 5.04. The Morgan fingerprint density at radius 3 is 2.76 bits per heavy atom. The monoisotopic (exact) mass is 242 g/mol. The van der Waals surface area contributed by atoms with Gasteiger partial charge in [0.2, 0.25) is 5.91 Å². The van der Waals surface area contributed by atoms with Gasteiger partial charge in [-0.2, -0.15) is 0 Å². The topological polar surface area (TPSA) is 55.6 Å². The average Bonchev–Trinajstić information content (AvgIpc) is 2.70.